The van der Waals surface area contributed by atoms with Gasteiger partial charge >= 0.3 is 0 Å². The summed E-state index contributed by atoms with van der Waals surface area (Å²) in [5.74, 6) is 1.52. The van der Waals surface area contributed by atoms with Crippen LogP contribution in [0.3, 0.4) is 0 Å². The van der Waals surface area contributed by atoms with E-state index in [-0.39, 0.29) is 0 Å². The highest BCUT2D eigenvalue weighted by Crippen LogP contribution is 2.25. The second-order valence-electron chi connectivity index (χ2n) is 5.02. The van der Waals surface area contributed by atoms with Crippen molar-refractivity contribution in [3.05, 3.63) is 47.5 Å². The molecule has 2 heterocycles. The normalized spacial score (nSPS) is 10.8. The van der Waals surface area contributed by atoms with Gasteiger partial charge in [0.25, 0.3) is 0 Å². The van der Waals surface area contributed by atoms with E-state index in [0.29, 0.717) is 5.82 Å². The third kappa shape index (κ3) is 2.65. The fourth-order valence-corrected chi connectivity index (χ4v) is 2.20. The predicted molar refractivity (Wildman–Crippen MR) is 81.8 cm³/mol. The number of para-hydroxylation sites is 1. The molecule has 0 aliphatic heterocycles. The van der Waals surface area contributed by atoms with E-state index in [2.05, 4.69) is 32.5 Å². The Balaban J connectivity index is 1.84. The lowest BCUT2D eigenvalue weighted by molar-refractivity contribution is 0.738. The summed E-state index contributed by atoms with van der Waals surface area (Å²) < 4.78 is 1.88. The Morgan fingerprint density at radius 2 is 2.05 bits per heavy atom. The van der Waals surface area contributed by atoms with E-state index < -0.39 is 0 Å². The summed E-state index contributed by atoms with van der Waals surface area (Å²) in [6, 6.07) is 8.04. The van der Waals surface area contributed by atoms with Gasteiger partial charge in [-0.25, -0.2) is 4.98 Å². The largest absolute Gasteiger partial charge is 0.380 e. The summed E-state index contributed by atoms with van der Waals surface area (Å²) in [6.45, 7) is 4.68. The van der Waals surface area contributed by atoms with Crippen LogP contribution in [0.4, 0.5) is 5.69 Å². The highest BCUT2D eigenvalue weighted by Gasteiger charge is 2.10. The highest BCUT2D eigenvalue weighted by molar-refractivity contribution is 5.73. The monoisotopic (exact) mass is 282 g/mol. The minimum atomic E-state index is 0.707. The Bertz CT molecular complexity index is 755. The molecule has 0 fully saturated rings. The predicted octanol–water partition coefficient (Wildman–Crippen LogP) is 2.43. The Hall–Kier alpha value is -2.63. The molecule has 0 amide bonds. The fraction of sp³-hybridized carbons (Fsp3) is 0.267. The van der Waals surface area contributed by atoms with Gasteiger partial charge in [-0.2, -0.15) is 10.2 Å². The molecule has 0 aliphatic carbocycles. The third-order valence-corrected chi connectivity index (χ3v) is 3.57. The zero-order valence-corrected chi connectivity index (χ0v) is 12.4. The highest BCUT2D eigenvalue weighted by atomic mass is 15.3. The first-order chi connectivity index (χ1) is 10.1. The Labute approximate surface area is 123 Å². The summed E-state index contributed by atoms with van der Waals surface area (Å²) in [5.41, 5.74) is 4.34. The fourth-order valence-electron chi connectivity index (χ4n) is 2.20. The van der Waals surface area contributed by atoms with Crippen LogP contribution in [0.15, 0.2) is 30.5 Å². The standard InChI is InChI=1S/C15H18N6/c1-10-12(9-17-21(10)3)8-16-14-7-5-4-6-13(14)15-18-11(2)19-20-15/h4-7,9,16H,8H2,1-3H3,(H,18,19,20). The molecule has 0 unspecified atom stereocenters. The van der Waals surface area contributed by atoms with Crippen molar-refractivity contribution < 1.29 is 0 Å². The molecule has 0 aliphatic rings. The van der Waals surface area contributed by atoms with Crippen molar-refractivity contribution in [2.24, 2.45) is 7.05 Å². The molecule has 21 heavy (non-hydrogen) atoms. The maximum atomic E-state index is 4.40. The molecular formula is C15H18N6. The molecule has 0 saturated carbocycles. The van der Waals surface area contributed by atoms with Gasteiger partial charge in [0.2, 0.25) is 0 Å². The van der Waals surface area contributed by atoms with Crippen molar-refractivity contribution in [3.63, 3.8) is 0 Å². The van der Waals surface area contributed by atoms with Crippen molar-refractivity contribution in [1.82, 2.24) is 25.0 Å². The summed E-state index contributed by atoms with van der Waals surface area (Å²) in [4.78, 5) is 4.40. The van der Waals surface area contributed by atoms with Crippen molar-refractivity contribution >= 4 is 5.69 Å². The zero-order valence-electron chi connectivity index (χ0n) is 12.4. The van der Waals surface area contributed by atoms with E-state index in [9.17, 15) is 0 Å². The Morgan fingerprint density at radius 3 is 2.71 bits per heavy atom. The second-order valence-corrected chi connectivity index (χ2v) is 5.02. The van der Waals surface area contributed by atoms with Crippen LogP contribution < -0.4 is 5.32 Å². The maximum Gasteiger partial charge on any atom is 0.183 e. The van der Waals surface area contributed by atoms with Gasteiger partial charge in [-0.3, -0.25) is 9.78 Å². The lowest BCUT2D eigenvalue weighted by Gasteiger charge is -2.09. The van der Waals surface area contributed by atoms with Crippen molar-refractivity contribution in [3.8, 4) is 11.4 Å². The van der Waals surface area contributed by atoms with Crippen molar-refractivity contribution in [1.29, 1.82) is 0 Å². The molecule has 0 atom stereocenters. The van der Waals surface area contributed by atoms with Gasteiger partial charge in [0.15, 0.2) is 5.82 Å². The number of anilines is 1. The molecule has 0 radical (unpaired) electrons. The van der Waals surface area contributed by atoms with Gasteiger partial charge in [-0.15, -0.1) is 0 Å². The molecular weight excluding hydrogens is 264 g/mol. The number of aromatic nitrogens is 5. The number of H-pyrrole nitrogens is 1. The summed E-state index contributed by atoms with van der Waals surface area (Å²) in [7, 11) is 1.95. The van der Waals surface area contributed by atoms with Crippen LogP contribution in [0.25, 0.3) is 11.4 Å². The van der Waals surface area contributed by atoms with Crippen LogP contribution in [0.1, 0.15) is 17.1 Å². The molecule has 3 aromatic rings. The number of nitrogens with one attached hydrogen (secondary N) is 2. The average Bonchev–Trinajstić information content (AvgIpc) is 3.05. The van der Waals surface area contributed by atoms with E-state index in [0.717, 1.165) is 29.3 Å². The van der Waals surface area contributed by atoms with E-state index in [1.165, 1.54) is 5.56 Å². The van der Waals surface area contributed by atoms with Gasteiger partial charge in [-0.1, -0.05) is 12.1 Å². The van der Waals surface area contributed by atoms with Gasteiger partial charge in [-0.05, 0) is 26.0 Å². The first-order valence-corrected chi connectivity index (χ1v) is 6.85. The topological polar surface area (TPSA) is 71.4 Å². The molecule has 108 valence electrons. The van der Waals surface area contributed by atoms with Gasteiger partial charge in [0.05, 0.1) is 6.20 Å². The van der Waals surface area contributed by atoms with E-state index >= 15 is 0 Å². The molecule has 2 N–H and O–H groups in total. The molecule has 0 spiro atoms. The van der Waals surface area contributed by atoms with Crippen LogP contribution in [0, 0.1) is 13.8 Å². The average molecular weight is 282 g/mol. The summed E-state index contributed by atoms with van der Waals surface area (Å²) in [6.07, 6.45) is 1.89. The molecule has 0 saturated heterocycles. The minimum Gasteiger partial charge on any atom is -0.380 e. The van der Waals surface area contributed by atoms with Gasteiger partial charge in [0, 0.05) is 36.1 Å². The molecule has 2 aromatic heterocycles. The van der Waals surface area contributed by atoms with E-state index in [1.807, 2.05) is 49.1 Å². The number of hydrogen-bond acceptors (Lipinski definition) is 4. The lowest BCUT2D eigenvalue weighted by atomic mass is 10.1. The molecule has 6 nitrogen and oxygen atoms in total. The van der Waals surface area contributed by atoms with E-state index in [1.54, 1.807) is 0 Å². The number of rotatable bonds is 4. The van der Waals surface area contributed by atoms with Crippen LogP contribution in [0.2, 0.25) is 0 Å². The van der Waals surface area contributed by atoms with Gasteiger partial charge < -0.3 is 5.32 Å². The number of aryl methyl sites for hydroxylation is 2. The van der Waals surface area contributed by atoms with E-state index in [4.69, 9.17) is 0 Å². The number of nitrogens with zero attached hydrogens (tertiary/aromatic N) is 4. The van der Waals surface area contributed by atoms with Crippen molar-refractivity contribution in [2.75, 3.05) is 5.32 Å². The minimum absolute atomic E-state index is 0.707. The number of hydrogen-bond donors (Lipinski definition) is 2. The lowest BCUT2D eigenvalue weighted by Crippen LogP contribution is -2.03. The zero-order chi connectivity index (χ0) is 14.8. The second kappa shape index (κ2) is 5.40. The quantitative estimate of drug-likeness (QED) is 0.771. The number of aromatic amines is 1. The summed E-state index contributed by atoms with van der Waals surface area (Å²) >= 11 is 0. The number of benzene rings is 1. The van der Waals surface area contributed by atoms with Crippen molar-refractivity contribution in [2.45, 2.75) is 20.4 Å². The third-order valence-electron chi connectivity index (χ3n) is 3.57. The van der Waals surface area contributed by atoms with Crippen LogP contribution >= 0.6 is 0 Å². The molecule has 6 heteroatoms. The Kier molecular flexibility index (Phi) is 3.43. The van der Waals surface area contributed by atoms with Crippen LogP contribution in [-0.4, -0.2) is 25.0 Å². The van der Waals surface area contributed by atoms with Crippen LogP contribution in [-0.2, 0) is 13.6 Å². The SMILES string of the molecule is Cc1nc(-c2ccccc2NCc2cnn(C)c2C)n[nH]1. The molecule has 3 rings (SSSR count). The smallest absolute Gasteiger partial charge is 0.183 e. The maximum absolute atomic E-state index is 4.40. The first-order valence-electron chi connectivity index (χ1n) is 6.85. The van der Waals surface area contributed by atoms with Gasteiger partial charge in [0.1, 0.15) is 5.82 Å². The first kappa shape index (κ1) is 13.4. The molecule has 1 aromatic carbocycles. The van der Waals surface area contributed by atoms with Crippen LogP contribution in [0.5, 0.6) is 0 Å². The summed E-state index contributed by atoms with van der Waals surface area (Å²) in [5, 5.41) is 14.8. The molecule has 0 bridgehead atoms. The Morgan fingerprint density at radius 1 is 1.24 bits per heavy atom.